The van der Waals surface area contributed by atoms with Crippen LogP contribution in [0.1, 0.15) is 44.5 Å². The van der Waals surface area contributed by atoms with Gasteiger partial charge in [-0.05, 0) is 99.1 Å². The van der Waals surface area contributed by atoms with Gasteiger partial charge in [-0.25, -0.2) is 0 Å². The van der Waals surface area contributed by atoms with E-state index in [0.717, 1.165) is 62.3 Å². The number of hydrogen-bond donors (Lipinski definition) is 0. The Hall–Kier alpha value is -8.18. The van der Waals surface area contributed by atoms with Crippen LogP contribution in [0.2, 0.25) is 0 Å². The highest BCUT2D eigenvalue weighted by Crippen LogP contribution is 2.66. The molecular formula is C62H37NO2S. The van der Waals surface area contributed by atoms with Crippen molar-refractivity contribution in [1.29, 1.82) is 0 Å². The SMILES string of the molecule is c1ccc2c(c1)Oc1ccc(N(c3cccc4c3Oc3ccccc3C43c4ccccc4-c4ccccc43)c3cccc4sc5ccccc5c34)cc1C21c2ccccc2-c2ccccc21. The van der Waals surface area contributed by atoms with Crippen molar-refractivity contribution < 1.29 is 9.47 Å². The number of anilines is 3. The van der Waals surface area contributed by atoms with Crippen LogP contribution in [0.5, 0.6) is 23.0 Å². The fourth-order valence-electron chi connectivity index (χ4n) is 12.4. The molecule has 10 aromatic carbocycles. The quantitative estimate of drug-likeness (QED) is 0.177. The molecule has 0 bridgehead atoms. The lowest BCUT2D eigenvalue weighted by atomic mass is 9.66. The van der Waals surface area contributed by atoms with Gasteiger partial charge >= 0.3 is 0 Å². The van der Waals surface area contributed by atoms with E-state index in [-0.39, 0.29) is 0 Å². The molecule has 1 aromatic heterocycles. The number of para-hydroxylation sites is 3. The molecule has 3 heterocycles. The van der Waals surface area contributed by atoms with Crippen molar-refractivity contribution in [1.82, 2.24) is 0 Å². The lowest BCUT2D eigenvalue weighted by molar-refractivity contribution is 0.436. The van der Waals surface area contributed by atoms with Crippen molar-refractivity contribution in [2.24, 2.45) is 0 Å². The number of fused-ring (bicyclic) bond motifs is 21. The summed E-state index contributed by atoms with van der Waals surface area (Å²) in [6.07, 6.45) is 0. The molecule has 0 radical (unpaired) electrons. The normalized spacial score (nSPS) is 14.5. The predicted molar refractivity (Wildman–Crippen MR) is 269 cm³/mol. The van der Waals surface area contributed by atoms with Gasteiger partial charge in [0, 0.05) is 48.1 Å². The van der Waals surface area contributed by atoms with Gasteiger partial charge in [0.1, 0.15) is 17.2 Å². The molecule has 66 heavy (non-hydrogen) atoms. The fraction of sp³-hybridized carbons (Fsp3) is 0.0323. The fourth-order valence-corrected chi connectivity index (χ4v) is 13.5. The zero-order valence-electron chi connectivity index (χ0n) is 35.5. The number of rotatable bonds is 3. The molecular weight excluding hydrogens is 823 g/mol. The van der Waals surface area contributed by atoms with E-state index < -0.39 is 10.8 Å². The first-order valence-corrected chi connectivity index (χ1v) is 23.5. The second-order valence-corrected chi connectivity index (χ2v) is 18.9. The van der Waals surface area contributed by atoms with Crippen LogP contribution < -0.4 is 14.4 Å². The molecule has 15 rings (SSSR count). The molecule has 0 fully saturated rings. The molecule has 0 amide bonds. The molecule has 0 atom stereocenters. The Balaban J connectivity index is 1.06. The minimum absolute atomic E-state index is 0.616. The Bertz CT molecular complexity index is 3790. The number of thiophene rings is 1. The molecule has 4 heteroatoms. The van der Waals surface area contributed by atoms with Crippen LogP contribution in [0.4, 0.5) is 17.1 Å². The largest absolute Gasteiger partial charge is 0.457 e. The van der Waals surface area contributed by atoms with Crippen molar-refractivity contribution >= 4 is 48.6 Å². The number of nitrogens with zero attached hydrogens (tertiary/aromatic N) is 1. The minimum Gasteiger partial charge on any atom is -0.457 e. The monoisotopic (exact) mass is 859 g/mol. The molecule has 2 aliphatic heterocycles. The van der Waals surface area contributed by atoms with Gasteiger partial charge in [-0.2, -0.15) is 0 Å². The molecule has 2 spiro atoms. The first-order valence-electron chi connectivity index (χ1n) is 22.7. The van der Waals surface area contributed by atoms with Crippen LogP contribution in [0.25, 0.3) is 42.4 Å². The Morgan fingerprint density at radius 1 is 0.333 bits per heavy atom. The van der Waals surface area contributed by atoms with Crippen molar-refractivity contribution in [2.75, 3.05) is 4.90 Å². The molecule has 0 unspecified atom stereocenters. The maximum atomic E-state index is 7.41. The molecule has 0 N–H and O–H groups in total. The Kier molecular flexibility index (Phi) is 7.24. The second-order valence-electron chi connectivity index (χ2n) is 17.8. The second kappa shape index (κ2) is 13.2. The summed E-state index contributed by atoms with van der Waals surface area (Å²) in [5, 5.41) is 2.44. The van der Waals surface area contributed by atoms with Gasteiger partial charge in [-0.15, -0.1) is 11.3 Å². The van der Waals surface area contributed by atoms with Gasteiger partial charge in [0.25, 0.3) is 0 Å². The summed E-state index contributed by atoms with van der Waals surface area (Å²) < 4.78 is 16.9. The highest BCUT2D eigenvalue weighted by Gasteiger charge is 2.53. The van der Waals surface area contributed by atoms with Crippen LogP contribution in [-0.2, 0) is 10.8 Å². The summed E-state index contributed by atoms with van der Waals surface area (Å²) in [5.74, 6) is 3.42. The lowest BCUT2D eigenvalue weighted by Gasteiger charge is -2.42. The van der Waals surface area contributed by atoms with Gasteiger partial charge in [-0.1, -0.05) is 170 Å². The van der Waals surface area contributed by atoms with Gasteiger partial charge < -0.3 is 14.4 Å². The number of ether oxygens (including phenoxy) is 2. The van der Waals surface area contributed by atoms with Gasteiger partial charge in [0.2, 0.25) is 0 Å². The maximum absolute atomic E-state index is 7.41. The molecule has 4 aliphatic rings. The topological polar surface area (TPSA) is 21.7 Å². The smallest absolute Gasteiger partial charge is 0.156 e. The van der Waals surface area contributed by atoms with E-state index >= 15 is 0 Å². The van der Waals surface area contributed by atoms with Crippen molar-refractivity contribution in [3.63, 3.8) is 0 Å². The van der Waals surface area contributed by atoms with E-state index in [9.17, 15) is 0 Å². The molecule has 2 aliphatic carbocycles. The van der Waals surface area contributed by atoms with Gasteiger partial charge in [0.05, 0.1) is 22.2 Å². The van der Waals surface area contributed by atoms with Crippen molar-refractivity contribution in [3.05, 3.63) is 269 Å². The van der Waals surface area contributed by atoms with Crippen LogP contribution in [-0.4, -0.2) is 0 Å². The maximum Gasteiger partial charge on any atom is 0.156 e. The van der Waals surface area contributed by atoms with E-state index in [0.29, 0.717) is 0 Å². The molecule has 3 nitrogen and oxygen atoms in total. The predicted octanol–water partition coefficient (Wildman–Crippen LogP) is 16.5. The summed E-state index contributed by atoms with van der Waals surface area (Å²) in [7, 11) is 0. The minimum atomic E-state index is -0.632. The molecule has 308 valence electrons. The van der Waals surface area contributed by atoms with Crippen molar-refractivity contribution in [2.45, 2.75) is 10.8 Å². The number of hydrogen-bond acceptors (Lipinski definition) is 4. The van der Waals surface area contributed by atoms with Crippen LogP contribution >= 0.6 is 11.3 Å². The van der Waals surface area contributed by atoms with E-state index in [1.54, 1.807) is 0 Å². The van der Waals surface area contributed by atoms with E-state index in [2.05, 4.69) is 229 Å². The van der Waals surface area contributed by atoms with Crippen LogP contribution in [0.3, 0.4) is 0 Å². The first kappa shape index (κ1) is 36.2. The third kappa shape index (κ3) is 4.47. The standard InChI is InChI=1S/C62H37NO2S/c1-6-22-44-39(17-1)40-18-2-7-23-45(40)61(44)49-27-11-13-32-55(49)65-60-50(61)28-15-30-53(60)63(52-29-16-34-58-59(52)43-21-5-14-33-57(43)66-58)38-35-36-56-51(37-38)62(48-26-10-12-31-54(48)64-56)46-24-8-3-19-41(46)42-20-4-9-25-47(42)62/h1-37H. The van der Waals surface area contributed by atoms with Crippen molar-refractivity contribution in [3.8, 4) is 45.3 Å². The van der Waals surface area contributed by atoms with E-state index in [1.807, 2.05) is 11.3 Å². The summed E-state index contributed by atoms with van der Waals surface area (Å²) in [6, 6.07) is 82.2. The van der Waals surface area contributed by atoms with E-state index in [4.69, 9.17) is 9.47 Å². The average molecular weight is 860 g/mol. The van der Waals surface area contributed by atoms with Gasteiger partial charge in [0.15, 0.2) is 5.75 Å². The third-order valence-electron chi connectivity index (χ3n) is 14.8. The lowest BCUT2D eigenvalue weighted by Crippen LogP contribution is -2.33. The molecule has 0 saturated carbocycles. The molecule has 11 aromatic rings. The third-order valence-corrected chi connectivity index (χ3v) is 15.9. The average Bonchev–Trinajstić information content (AvgIpc) is 4.01. The summed E-state index contributed by atoms with van der Waals surface area (Å²) in [6.45, 7) is 0. The Labute approximate surface area is 386 Å². The zero-order chi connectivity index (χ0) is 43.1. The summed E-state index contributed by atoms with van der Waals surface area (Å²) in [5.41, 5.74) is 16.4. The highest BCUT2D eigenvalue weighted by atomic mass is 32.1. The summed E-state index contributed by atoms with van der Waals surface area (Å²) in [4.78, 5) is 2.47. The van der Waals surface area contributed by atoms with Crippen LogP contribution in [0, 0.1) is 0 Å². The zero-order valence-corrected chi connectivity index (χ0v) is 36.4. The first-order chi connectivity index (χ1) is 32.7. The number of benzene rings is 10. The van der Waals surface area contributed by atoms with E-state index in [1.165, 1.54) is 64.7 Å². The Morgan fingerprint density at radius 2 is 0.788 bits per heavy atom. The Morgan fingerprint density at radius 3 is 1.42 bits per heavy atom. The van der Waals surface area contributed by atoms with Gasteiger partial charge in [-0.3, -0.25) is 0 Å². The molecule has 0 saturated heterocycles. The highest BCUT2D eigenvalue weighted by molar-refractivity contribution is 7.26. The summed E-state index contributed by atoms with van der Waals surface area (Å²) >= 11 is 1.84. The van der Waals surface area contributed by atoms with Crippen LogP contribution in [0.15, 0.2) is 224 Å².